The Hall–Kier alpha value is -1.32. The molecule has 0 saturated carbocycles. The number of carboxylic acids is 1. The highest BCUT2D eigenvalue weighted by Gasteiger charge is 2.12. The minimum atomic E-state index is -0.730. The van der Waals surface area contributed by atoms with Crippen LogP contribution in [0.25, 0.3) is 0 Å². The lowest BCUT2D eigenvalue weighted by Crippen LogP contribution is -2.10. The van der Waals surface area contributed by atoms with Crippen LogP contribution in [0.1, 0.15) is 24.6 Å². The first-order valence-electron chi connectivity index (χ1n) is 4.72. The second kappa shape index (κ2) is 4.26. The maximum absolute atomic E-state index is 10.6. The van der Waals surface area contributed by atoms with Crippen LogP contribution in [0.2, 0.25) is 0 Å². The van der Waals surface area contributed by atoms with Crippen LogP contribution in [0.4, 0.5) is 0 Å². The molecule has 0 aliphatic rings. The van der Waals surface area contributed by atoms with Gasteiger partial charge in [0.25, 0.3) is 0 Å². The lowest BCUT2D eigenvalue weighted by molar-refractivity contribution is -0.141. The van der Waals surface area contributed by atoms with Gasteiger partial charge in [-0.15, -0.1) is 0 Å². The number of carboxylic acid groups (broad SMARTS) is 1. The number of aromatic nitrogens is 2. The second-order valence-electron chi connectivity index (χ2n) is 3.69. The van der Waals surface area contributed by atoms with Crippen LogP contribution in [-0.4, -0.2) is 20.9 Å². The second-order valence-corrected chi connectivity index (χ2v) is 3.69. The topological polar surface area (TPSA) is 55.1 Å². The van der Waals surface area contributed by atoms with Crippen molar-refractivity contribution in [2.24, 2.45) is 13.0 Å². The fourth-order valence-electron chi connectivity index (χ4n) is 1.39. The molecule has 0 aliphatic heterocycles. The molecular weight excluding hydrogens is 180 g/mol. The molecule has 0 spiro atoms. The van der Waals surface area contributed by atoms with Gasteiger partial charge in [0.1, 0.15) is 0 Å². The Kier molecular flexibility index (Phi) is 3.28. The van der Waals surface area contributed by atoms with Crippen molar-refractivity contribution < 1.29 is 9.90 Å². The lowest BCUT2D eigenvalue weighted by atomic mass is 10.0. The number of aryl methyl sites for hydroxylation is 3. The fraction of sp³-hybridized carbons (Fsp3) is 0.600. The zero-order chi connectivity index (χ0) is 10.7. The highest BCUT2D eigenvalue weighted by atomic mass is 16.4. The number of carbonyl (C=O) groups is 1. The normalized spacial score (nSPS) is 12.8. The van der Waals surface area contributed by atoms with Crippen molar-refractivity contribution in [2.45, 2.75) is 26.7 Å². The standard InChI is InChI=1S/C10H16N2O2/c1-7(10(13)14)4-5-9-6-12(3)11-8(9)2/h6-7H,4-5H2,1-3H3,(H,13,14). The fourth-order valence-corrected chi connectivity index (χ4v) is 1.39. The number of nitrogens with zero attached hydrogens (tertiary/aromatic N) is 2. The molecule has 0 aliphatic carbocycles. The highest BCUT2D eigenvalue weighted by Crippen LogP contribution is 2.12. The minimum absolute atomic E-state index is 0.283. The average Bonchev–Trinajstić information content (AvgIpc) is 2.40. The maximum Gasteiger partial charge on any atom is 0.306 e. The Labute approximate surface area is 83.5 Å². The number of hydrogen-bond acceptors (Lipinski definition) is 2. The van der Waals surface area contributed by atoms with Crippen molar-refractivity contribution in [2.75, 3.05) is 0 Å². The number of hydrogen-bond donors (Lipinski definition) is 1. The molecule has 1 heterocycles. The smallest absolute Gasteiger partial charge is 0.306 e. The van der Waals surface area contributed by atoms with Gasteiger partial charge in [-0.2, -0.15) is 5.10 Å². The van der Waals surface area contributed by atoms with Crippen LogP contribution in [-0.2, 0) is 18.3 Å². The van der Waals surface area contributed by atoms with E-state index < -0.39 is 5.97 Å². The van der Waals surface area contributed by atoms with Crippen LogP contribution in [0, 0.1) is 12.8 Å². The molecule has 4 nitrogen and oxygen atoms in total. The van der Waals surface area contributed by atoms with Crippen molar-refractivity contribution >= 4 is 5.97 Å². The van der Waals surface area contributed by atoms with Crippen molar-refractivity contribution in [1.82, 2.24) is 9.78 Å². The van der Waals surface area contributed by atoms with E-state index in [2.05, 4.69) is 5.10 Å². The third-order valence-corrected chi connectivity index (χ3v) is 2.38. The molecule has 4 heteroatoms. The molecule has 1 N–H and O–H groups in total. The lowest BCUT2D eigenvalue weighted by Gasteiger charge is -2.04. The summed E-state index contributed by atoms with van der Waals surface area (Å²) in [6, 6.07) is 0. The van der Waals surface area contributed by atoms with E-state index in [0.29, 0.717) is 6.42 Å². The summed E-state index contributed by atoms with van der Waals surface area (Å²) in [6.07, 6.45) is 3.40. The molecule has 1 aromatic heterocycles. The molecule has 14 heavy (non-hydrogen) atoms. The molecule has 0 radical (unpaired) electrons. The van der Waals surface area contributed by atoms with E-state index in [9.17, 15) is 4.79 Å². The summed E-state index contributed by atoms with van der Waals surface area (Å²) < 4.78 is 1.76. The van der Waals surface area contributed by atoms with Gasteiger partial charge in [-0.05, 0) is 25.3 Å². The Morgan fingerprint density at radius 3 is 2.79 bits per heavy atom. The summed E-state index contributed by atoms with van der Waals surface area (Å²) in [4.78, 5) is 10.6. The molecule has 0 amide bonds. The van der Waals surface area contributed by atoms with E-state index in [1.807, 2.05) is 20.2 Å². The molecule has 0 aromatic carbocycles. The van der Waals surface area contributed by atoms with Gasteiger partial charge in [0.15, 0.2) is 0 Å². The summed E-state index contributed by atoms with van der Waals surface area (Å²) in [5.74, 6) is -1.01. The third kappa shape index (κ3) is 2.58. The molecule has 1 atom stereocenters. The van der Waals surface area contributed by atoms with Crippen LogP contribution < -0.4 is 0 Å². The van der Waals surface area contributed by atoms with E-state index in [4.69, 9.17) is 5.11 Å². The van der Waals surface area contributed by atoms with Crippen molar-refractivity contribution in [3.8, 4) is 0 Å². The summed E-state index contributed by atoms with van der Waals surface area (Å²) >= 11 is 0. The Bertz CT molecular complexity index is 331. The number of rotatable bonds is 4. The van der Waals surface area contributed by atoms with E-state index >= 15 is 0 Å². The summed E-state index contributed by atoms with van der Waals surface area (Å²) in [6.45, 7) is 3.68. The van der Waals surface area contributed by atoms with Gasteiger partial charge in [0.05, 0.1) is 11.6 Å². The van der Waals surface area contributed by atoms with Crippen molar-refractivity contribution in [1.29, 1.82) is 0 Å². The van der Waals surface area contributed by atoms with Crippen LogP contribution in [0.5, 0.6) is 0 Å². The van der Waals surface area contributed by atoms with E-state index in [1.54, 1.807) is 11.6 Å². The Morgan fingerprint density at radius 2 is 2.36 bits per heavy atom. The van der Waals surface area contributed by atoms with Gasteiger partial charge in [-0.25, -0.2) is 0 Å². The van der Waals surface area contributed by atoms with Crippen molar-refractivity contribution in [3.05, 3.63) is 17.5 Å². The largest absolute Gasteiger partial charge is 0.481 e. The molecular formula is C10H16N2O2. The Morgan fingerprint density at radius 1 is 1.71 bits per heavy atom. The van der Waals surface area contributed by atoms with Gasteiger partial charge in [0, 0.05) is 13.2 Å². The van der Waals surface area contributed by atoms with Crippen LogP contribution >= 0.6 is 0 Å². The molecule has 1 unspecified atom stereocenters. The zero-order valence-electron chi connectivity index (χ0n) is 8.82. The zero-order valence-corrected chi connectivity index (χ0v) is 8.82. The molecule has 78 valence electrons. The van der Waals surface area contributed by atoms with E-state index in [1.165, 1.54) is 0 Å². The number of aliphatic carboxylic acids is 1. The molecule has 0 fully saturated rings. The quantitative estimate of drug-likeness (QED) is 0.791. The first-order chi connectivity index (χ1) is 6.50. The average molecular weight is 196 g/mol. The summed E-state index contributed by atoms with van der Waals surface area (Å²) in [7, 11) is 1.87. The third-order valence-electron chi connectivity index (χ3n) is 2.38. The van der Waals surface area contributed by atoms with Gasteiger partial charge in [0.2, 0.25) is 0 Å². The van der Waals surface area contributed by atoms with E-state index in [-0.39, 0.29) is 5.92 Å². The minimum Gasteiger partial charge on any atom is -0.481 e. The summed E-state index contributed by atoms with van der Waals surface area (Å²) in [5, 5.41) is 12.9. The first kappa shape index (κ1) is 10.8. The first-order valence-corrected chi connectivity index (χ1v) is 4.72. The Balaban J connectivity index is 2.53. The van der Waals surface area contributed by atoms with Gasteiger partial charge < -0.3 is 5.11 Å². The highest BCUT2D eigenvalue weighted by molar-refractivity contribution is 5.69. The van der Waals surface area contributed by atoms with Gasteiger partial charge >= 0.3 is 5.97 Å². The monoisotopic (exact) mass is 196 g/mol. The van der Waals surface area contributed by atoms with Crippen LogP contribution in [0.15, 0.2) is 6.20 Å². The predicted molar refractivity (Wildman–Crippen MR) is 53.1 cm³/mol. The van der Waals surface area contributed by atoms with E-state index in [0.717, 1.165) is 17.7 Å². The predicted octanol–water partition coefficient (Wildman–Crippen LogP) is 1.38. The van der Waals surface area contributed by atoms with Gasteiger partial charge in [-0.1, -0.05) is 6.92 Å². The molecule has 1 rings (SSSR count). The van der Waals surface area contributed by atoms with Crippen LogP contribution in [0.3, 0.4) is 0 Å². The molecule has 1 aromatic rings. The van der Waals surface area contributed by atoms with Gasteiger partial charge in [-0.3, -0.25) is 9.48 Å². The SMILES string of the molecule is Cc1nn(C)cc1CCC(C)C(=O)O. The molecule has 0 saturated heterocycles. The van der Waals surface area contributed by atoms with Crippen molar-refractivity contribution in [3.63, 3.8) is 0 Å². The summed E-state index contributed by atoms with van der Waals surface area (Å²) in [5.41, 5.74) is 2.13. The maximum atomic E-state index is 10.6. The molecule has 0 bridgehead atoms.